The first-order valence-electron chi connectivity index (χ1n) is 7.02. The number of carbonyl (C=O) groups is 2. The molecule has 1 heterocycles. The lowest BCUT2D eigenvalue weighted by molar-refractivity contribution is -0.146. The molecule has 0 spiro atoms. The van der Waals surface area contributed by atoms with Crippen LogP contribution in [0.5, 0.6) is 5.75 Å². The summed E-state index contributed by atoms with van der Waals surface area (Å²) in [5.74, 6) is -1.41. The van der Waals surface area contributed by atoms with Gasteiger partial charge < -0.3 is 20.8 Å². The molecule has 1 aromatic carbocycles. The van der Waals surface area contributed by atoms with Crippen LogP contribution in [-0.4, -0.2) is 46.1 Å². The van der Waals surface area contributed by atoms with Crippen molar-refractivity contribution in [2.24, 2.45) is 11.7 Å². The Balaban J connectivity index is 1.95. The Morgan fingerprint density at radius 1 is 1.33 bits per heavy atom. The van der Waals surface area contributed by atoms with Crippen LogP contribution in [0, 0.1) is 5.92 Å². The smallest absolute Gasteiger partial charge is 0.308 e. The quantitative estimate of drug-likeness (QED) is 0.753. The minimum atomic E-state index is -0.861. The van der Waals surface area contributed by atoms with Crippen molar-refractivity contribution in [1.29, 1.82) is 0 Å². The van der Waals surface area contributed by atoms with Gasteiger partial charge in [-0.2, -0.15) is 0 Å². The monoisotopic (exact) mass is 292 g/mol. The number of piperidine rings is 1. The van der Waals surface area contributed by atoms with Crippen LogP contribution >= 0.6 is 0 Å². The number of benzene rings is 1. The molecule has 1 aromatic rings. The zero-order chi connectivity index (χ0) is 15.4. The van der Waals surface area contributed by atoms with E-state index in [4.69, 9.17) is 10.8 Å². The molecule has 1 fully saturated rings. The minimum Gasteiger partial charge on any atom is -0.508 e. The standard InChI is InChI=1S/C15H20N2O4/c16-13(8-10-3-5-12(18)6-4-10)14(19)17-7-1-2-11(9-17)15(20)21/h3-6,11,13,18H,1-2,7-9,16H2,(H,20,21)/t11-,13?/m1/s1. The normalized spacial score (nSPS) is 20.0. The van der Waals surface area contributed by atoms with Gasteiger partial charge in [0.1, 0.15) is 5.75 Å². The van der Waals surface area contributed by atoms with Crippen LogP contribution in [0.4, 0.5) is 0 Å². The van der Waals surface area contributed by atoms with Gasteiger partial charge in [-0.1, -0.05) is 12.1 Å². The van der Waals surface area contributed by atoms with Crippen molar-refractivity contribution < 1.29 is 19.8 Å². The first-order chi connectivity index (χ1) is 9.97. The fraction of sp³-hybridized carbons (Fsp3) is 0.467. The van der Waals surface area contributed by atoms with E-state index in [0.29, 0.717) is 25.8 Å². The van der Waals surface area contributed by atoms with Crippen molar-refractivity contribution in [2.75, 3.05) is 13.1 Å². The third-order valence-corrected chi connectivity index (χ3v) is 3.79. The van der Waals surface area contributed by atoms with Crippen LogP contribution in [0.2, 0.25) is 0 Å². The van der Waals surface area contributed by atoms with E-state index in [1.807, 2.05) is 0 Å². The van der Waals surface area contributed by atoms with Crippen LogP contribution in [0.3, 0.4) is 0 Å². The number of hydrogen-bond acceptors (Lipinski definition) is 4. The van der Waals surface area contributed by atoms with Crippen LogP contribution < -0.4 is 5.73 Å². The van der Waals surface area contributed by atoms with E-state index in [1.165, 1.54) is 0 Å². The molecule has 0 bridgehead atoms. The molecule has 1 unspecified atom stereocenters. The molecule has 0 aromatic heterocycles. The molecule has 1 amide bonds. The Bertz CT molecular complexity index is 515. The van der Waals surface area contributed by atoms with E-state index < -0.39 is 17.9 Å². The van der Waals surface area contributed by atoms with Gasteiger partial charge in [0, 0.05) is 13.1 Å². The van der Waals surface area contributed by atoms with Crippen molar-refractivity contribution in [3.8, 4) is 5.75 Å². The maximum Gasteiger partial charge on any atom is 0.308 e. The van der Waals surface area contributed by atoms with Gasteiger partial charge in [-0.25, -0.2) is 0 Å². The van der Waals surface area contributed by atoms with Gasteiger partial charge >= 0.3 is 5.97 Å². The SMILES string of the molecule is NC(Cc1ccc(O)cc1)C(=O)N1CCC[C@@H](C(=O)O)C1. The van der Waals surface area contributed by atoms with Crippen LogP contribution in [-0.2, 0) is 16.0 Å². The predicted octanol–water partition coefficient (Wildman–Crippen LogP) is 0.585. The molecule has 6 heteroatoms. The Kier molecular flexibility index (Phi) is 4.80. The third kappa shape index (κ3) is 3.95. The van der Waals surface area contributed by atoms with Crippen molar-refractivity contribution in [3.63, 3.8) is 0 Å². The second kappa shape index (κ2) is 6.58. The van der Waals surface area contributed by atoms with Gasteiger partial charge in [-0.15, -0.1) is 0 Å². The lowest BCUT2D eigenvalue weighted by Crippen LogP contribution is -2.49. The van der Waals surface area contributed by atoms with Crippen molar-refractivity contribution in [1.82, 2.24) is 4.90 Å². The molecule has 2 rings (SSSR count). The summed E-state index contributed by atoms with van der Waals surface area (Å²) in [7, 11) is 0. The molecule has 2 atom stereocenters. The summed E-state index contributed by atoms with van der Waals surface area (Å²) in [4.78, 5) is 24.9. The number of phenols is 1. The fourth-order valence-corrected chi connectivity index (χ4v) is 2.59. The highest BCUT2D eigenvalue weighted by atomic mass is 16.4. The van der Waals surface area contributed by atoms with Crippen molar-refractivity contribution in [3.05, 3.63) is 29.8 Å². The van der Waals surface area contributed by atoms with Gasteiger partial charge in [0.05, 0.1) is 12.0 Å². The van der Waals surface area contributed by atoms with E-state index >= 15 is 0 Å². The highest BCUT2D eigenvalue weighted by Gasteiger charge is 2.30. The van der Waals surface area contributed by atoms with Crippen LogP contribution in [0.25, 0.3) is 0 Å². The minimum absolute atomic E-state index is 0.166. The van der Waals surface area contributed by atoms with Gasteiger partial charge in [-0.3, -0.25) is 9.59 Å². The second-order valence-corrected chi connectivity index (χ2v) is 5.44. The number of likely N-dealkylation sites (tertiary alicyclic amines) is 1. The van der Waals surface area contributed by atoms with Crippen LogP contribution in [0.1, 0.15) is 18.4 Å². The van der Waals surface area contributed by atoms with Gasteiger partial charge in [0.2, 0.25) is 5.91 Å². The van der Waals surface area contributed by atoms with Crippen LogP contribution in [0.15, 0.2) is 24.3 Å². The topological polar surface area (TPSA) is 104 Å². The molecule has 0 radical (unpaired) electrons. The molecule has 4 N–H and O–H groups in total. The molecular weight excluding hydrogens is 272 g/mol. The van der Waals surface area contributed by atoms with E-state index in [0.717, 1.165) is 5.56 Å². The largest absolute Gasteiger partial charge is 0.508 e. The lowest BCUT2D eigenvalue weighted by Gasteiger charge is -2.32. The van der Waals surface area contributed by atoms with E-state index in [1.54, 1.807) is 29.2 Å². The number of nitrogens with zero attached hydrogens (tertiary/aromatic N) is 1. The first kappa shape index (κ1) is 15.3. The number of carbonyl (C=O) groups excluding carboxylic acids is 1. The summed E-state index contributed by atoms with van der Waals surface area (Å²) in [6, 6.07) is 5.85. The molecule has 6 nitrogen and oxygen atoms in total. The Labute approximate surface area is 123 Å². The summed E-state index contributed by atoms with van der Waals surface area (Å²) >= 11 is 0. The molecule has 21 heavy (non-hydrogen) atoms. The average Bonchev–Trinajstić information content (AvgIpc) is 2.49. The summed E-state index contributed by atoms with van der Waals surface area (Å²) in [6.07, 6.45) is 1.66. The van der Waals surface area contributed by atoms with Gasteiger partial charge in [-0.05, 0) is 37.0 Å². The number of carboxylic acids is 1. The van der Waals surface area contributed by atoms with E-state index in [-0.39, 0.29) is 18.2 Å². The van der Waals surface area contributed by atoms with E-state index in [2.05, 4.69) is 0 Å². The number of aliphatic carboxylic acids is 1. The van der Waals surface area contributed by atoms with E-state index in [9.17, 15) is 14.7 Å². The number of nitrogens with two attached hydrogens (primary N) is 1. The average molecular weight is 292 g/mol. The number of aromatic hydroxyl groups is 1. The zero-order valence-electron chi connectivity index (χ0n) is 11.7. The Hall–Kier alpha value is -2.08. The predicted molar refractivity (Wildman–Crippen MR) is 76.7 cm³/mol. The maximum atomic E-state index is 12.3. The second-order valence-electron chi connectivity index (χ2n) is 5.44. The number of hydrogen-bond donors (Lipinski definition) is 3. The molecule has 0 aliphatic carbocycles. The number of carboxylic acid groups (broad SMARTS) is 1. The van der Waals surface area contributed by atoms with Crippen molar-refractivity contribution >= 4 is 11.9 Å². The Morgan fingerprint density at radius 2 is 2.00 bits per heavy atom. The lowest BCUT2D eigenvalue weighted by atomic mass is 9.97. The Morgan fingerprint density at radius 3 is 2.62 bits per heavy atom. The zero-order valence-corrected chi connectivity index (χ0v) is 11.7. The first-order valence-corrected chi connectivity index (χ1v) is 7.02. The van der Waals surface area contributed by atoms with Gasteiger partial charge in [0.15, 0.2) is 0 Å². The molecule has 1 aliphatic heterocycles. The summed E-state index contributed by atoms with van der Waals surface area (Å²) in [6.45, 7) is 0.795. The maximum absolute atomic E-state index is 12.3. The molecular formula is C15H20N2O4. The summed E-state index contributed by atoms with van der Waals surface area (Å²) in [5.41, 5.74) is 6.80. The molecule has 114 valence electrons. The molecule has 0 saturated carbocycles. The number of rotatable bonds is 4. The molecule has 1 aliphatic rings. The number of phenolic OH excluding ortho intramolecular Hbond substituents is 1. The van der Waals surface area contributed by atoms with Gasteiger partial charge in [0.25, 0.3) is 0 Å². The highest BCUT2D eigenvalue weighted by Crippen LogP contribution is 2.18. The summed E-state index contributed by atoms with van der Waals surface area (Å²) < 4.78 is 0. The molecule has 1 saturated heterocycles. The third-order valence-electron chi connectivity index (χ3n) is 3.79. The highest BCUT2D eigenvalue weighted by molar-refractivity contribution is 5.83. The fourth-order valence-electron chi connectivity index (χ4n) is 2.59. The van der Waals surface area contributed by atoms with Crippen molar-refractivity contribution in [2.45, 2.75) is 25.3 Å². The summed E-state index contributed by atoms with van der Waals surface area (Å²) in [5, 5.41) is 18.3. The number of amides is 1.